The van der Waals surface area contributed by atoms with E-state index < -0.39 is 18.1 Å². The van der Waals surface area contributed by atoms with E-state index in [1.54, 1.807) is 0 Å². The Hall–Kier alpha value is -4.13. The molecule has 3 N–H and O–H groups in total. The van der Waals surface area contributed by atoms with Gasteiger partial charge in [-0.25, -0.2) is 9.59 Å². The fourth-order valence-electron chi connectivity index (χ4n) is 5.04. The van der Waals surface area contributed by atoms with Gasteiger partial charge in [-0.2, -0.15) is 0 Å². The van der Waals surface area contributed by atoms with Gasteiger partial charge in [-0.15, -0.1) is 0 Å². The van der Waals surface area contributed by atoms with E-state index in [0.717, 1.165) is 35.1 Å². The minimum Gasteiger partial charge on any atom is -0.480 e. The molecule has 1 aliphatic carbocycles. The predicted octanol–water partition coefficient (Wildman–Crippen LogP) is 5.60. The maximum Gasteiger partial charge on any atom is 0.407 e. The number of hydrogen-bond donors (Lipinski definition) is 3. The Kier molecular flexibility index (Phi) is 9.73. The SMILES string of the molecule is Cc1ccc(CCCC(=O)NCCCC[C@H](NC(=O)OCC2c3ccccc3-c3ccccc32)C(=O)O)cc1. The lowest BCUT2D eigenvalue weighted by molar-refractivity contribution is -0.139. The number of carboxylic acid groups (broad SMARTS) is 1. The summed E-state index contributed by atoms with van der Waals surface area (Å²) in [5, 5.41) is 15.0. The number of aliphatic carboxylic acids is 1. The molecule has 0 unspecified atom stereocenters. The standard InChI is InChI=1S/C32H36N2O5/c1-22-16-18-23(19-17-22)9-8-15-30(35)33-20-7-6-14-29(31(36)37)34-32(38)39-21-28-26-12-4-2-10-24(26)25-11-3-5-13-27(25)28/h2-5,10-13,16-19,28-29H,6-9,14-15,20-21H2,1H3,(H,33,35)(H,34,38)(H,36,37)/t29-/m0/s1. The number of unbranched alkanes of at least 4 members (excludes halogenated alkanes) is 1. The summed E-state index contributed by atoms with van der Waals surface area (Å²) in [5.74, 6) is -1.20. The molecule has 1 aliphatic rings. The molecular formula is C32H36N2O5. The number of alkyl carbamates (subject to hydrolysis) is 1. The molecule has 0 spiro atoms. The van der Waals surface area contributed by atoms with E-state index in [0.29, 0.717) is 25.8 Å². The van der Waals surface area contributed by atoms with Crippen molar-refractivity contribution in [3.05, 3.63) is 95.1 Å². The van der Waals surface area contributed by atoms with Crippen LogP contribution in [0, 0.1) is 6.92 Å². The minimum atomic E-state index is -1.11. The lowest BCUT2D eigenvalue weighted by Gasteiger charge is -2.17. The summed E-state index contributed by atoms with van der Waals surface area (Å²) in [6, 6.07) is 23.3. The Morgan fingerprint density at radius 2 is 1.51 bits per heavy atom. The first-order chi connectivity index (χ1) is 18.9. The molecule has 0 fully saturated rings. The molecule has 1 atom stereocenters. The summed E-state index contributed by atoms with van der Waals surface area (Å²) >= 11 is 0. The maximum atomic E-state index is 12.5. The van der Waals surface area contributed by atoms with Crippen molar-refractivity contribution in [1.29, 1.82) is 0 Å². The third-order valence-electron chi connectivity index (χ3n) is 7.17. The molecule has 7 heteroatoms. The van der Waals surface area contributed by atoms with E-state index in [4.69, 9.17) is 4.74 Å². The van der Waals surface area contributed by atoms with E-state index in [9.17, 15) is 19.5 Å². The van der Waals surface area contributed by atoms with Crippen molar-refractivity contribution < 1.29 is 24.2 Å². The number of hydrogen-bond acceptors (Lipinski definition) is 4. The van der Waals surface area contributed by atoms with Gasteiger partial charge in [-0.1, -0.05) is 78.4 Å². The number of carboxylic acids is 1. The molecule has 204 valence electrons. The number of rotatable bonds is 13. The molecule has 4 rings (SSSR count). The van der Waals surface area contributed by atoms with Gasteiger partial charge in [0.2, 0.25) is 5.91 Å². The third-order valence-corrected chi connectivity index (χ3v) is 7.17. The van der Waals surface area contributed by atoms with E-state index in [1.165, 1.54) is 11.1 Å². The zero-order chi connectivity index (χ0) is 27.6. The third kappa shape index (κ3) is 7.69. The van der Waals surface area contributed by atoms with Crippen LogP contribution < -0.4 is 10.6 Å². The second kappa shape index (κ2) is 13.6. The van der Waals surface area contributed by atoms with Crippen molar-refractivity contribution in [2.45, 2.75) is 57.4 Å². The maximum absolute atomic E-state index is 12.5. The first-order valence-corrected chi connectivity index (χ1v) is 13.6. The number of benzene rings is 3. The lowest BCUT2D eigenvalue weighted by Crippen LogP contribution is -2.41. The molecule has 0 saturated heterocycles. The Balaban J connectivity index is 1.14. The van der Waals surface area contributed by atoms with E-state index >= 15 is 0 Å². The Morgan fingerprint density at radius 1 is 0.872 bits per heavy atom. The molecule has 3 aromatic rings. The molecular weight excluding hydrogens is 492 g/mol. The van der Waals surface area contributed by atoms with Gasteiger partial charge < -0.3 is 20.5 Å². The highest BCUT2D eigenvalue weighted by Gasteiger charge is 2.29. The number of carbonyl (C=O) groups excluding carboxylic acids is 2. The second-order valence-electron chi connectivity index (χ2n) is 10.0. The van der Waals surface area contributed by atoms with Crippen LogP contribution in [0.15, 0.2) is 72.8 Å². The van der Waals surface area contributed by atoms with Crippen LogP contribution in [0.4, 0.5) is 4.79 Å². The smallest absolute Gasteiger partial charge is 0.407 e. The van der Waals surface area contributed by atoms with Crippen LogP contribution in [0.25, 0.3) is 11.1 Å². The zero-order valence-corrected chi connectivity index (χ0v) is 22.3. The van der Waals surface area contributed by atoms with E-state index in [-0.39, 0.29) is 24.9 Å². The van der Waals surface area contributed by atoms with Crippen LogP contribution in [0.3, 0.4) is 0 Å². The number of carbonyl (C=O) groups is 3. The van der Waals surface area contributed by atoms with Crippen LogP contribution in [0.1, 0.15) is 60.3 Å². The van der Waals surface area contributed by atoms with Crippen molar-refractivity contribution in [2.24, 2.45) is 0 Å². The highest BCUT2D eigenvalue weighted by Crippen LogP contribution is 2.44. The topological polar surface area (TPSA) is 105 Å². The molecule has 39 heavy (non-hydrogen) atoms. The fraction of sp³-hybridized carbons (Fsp3) is 0.344. The van der Waals surface area contributed by atoms with Gasteiger partial charge >= 0.3 is 12.1 Å². The molecule has 0 bridgehead atoms. The van der Waals surface area contributed by atoms with Crippen LogP contribution in [0.5, 0.6) is 0 Å². The Labute approximate surface area is 229 Å². The Morgan fingerprint density at radius 3 is 2.15 bits per heavy atom. The van der Waals surface area contributed by atoms with Gasteiger partial charge in [0.25, 0.3) is 0 Å². The van der Waals surface area contributed by atoms with Crippen molar-refractivity contribution in [2.75, 3.05) is 13.2 Å². The Bertz CT molecular complexity index is 1240. The summed E-state index contributed by atoms with van der Waals surface area (Å²) < 4.78 is 5.48. The van der Waals surface area contributed by atoms with Crippen LogP contribution in [-0.2, 0) is 20.7 Å². The zero-order valence-electron chi connectivity index (χ0n) is 22.3. The molecule has 0 radical (unpaired) electrons. The highest BCUT2D eigenvalue weighted by atomic mass is 16.5. The van der Waals surface area contributed by atoms with Crippen molar-refractivity contribution >= 4 is 18.0 Å². The number of aryl methyl sites for hydroxylation is 2. The number of fused-ring (bicyclic) bond motifs is 3. The second-order valence-corrected chi connectivity index (χ2v) is 10.0. The van der Waals surface area contributed by atoms with Crippen molar-refractivity contribution in [3.8, 4) is 11.1 Å². The average Bonchev–Trinajstić information content (AvgIpc) is 3.25. The first-order valence-electron chi connectivity index (χ1n) is 13.6. The summed E-state index contributed by atoms with van der Waals surface area (Å²) in [6.45, 7) is 2.65. The molecule has 0 aliphatic heterocycles. The van der Waals surface area contributed by atoms with Gasteiger partial charge in [-0.05, 0) is 66.8 Å². The summed E-state index contributed by atoms with van der Waals surface area (Å²) in [6.07, 6.45) is 2.77. The van der Waals surface area contributed by atoms with Gasteiger partial charge in [0.15, 0.2) is 0 Å². The quantitative estimate of drug-likeness (QED) is 0.251. The molecule has 2 amide bonds. The molecule has 7 nitrogen and oxygen atoms in total. The first kappa shape index (κ1) is 27.9. The largest absolute Gasteiger partial charge is 0.480 e. The summed E-state index contributed by atoms with van der Waals surface area (Å²) in [4.78, 5) is 36.3. The van der Waals surface area contributed by atoms with E-state index in [1.807, 2.05) is 43.3 Å². The van der Waals surface area contributed by atoms with Gasteiger partial charge in [-0.3, -0.25) is 4.79 Å². The van der Waals surface area contributed by atoms with Crippen LogP contribution in [0.2, 0.25) is 0 Å². The van der Waals surface area contributed by atoms with E-state index in [2.05, 4.69) is 47.0 Å². The number of ether oxygens (including phenoxy) is 1. The summed E-state index contributed by atoms with van der Waals surface area (Å²) in [5.41, 5.74) is 6.89. The molecule has 3 aromatic carbocycles. The normalized spacial score (nSPS) is 12.7. The molecule has 0 saturated carbocycles. The predicted molar refractivity (Wildman–Crippen MR) is 151 cm³/mol. The van der Waals surface area contributed by atoms with Gasteiger partial charge in [0, 0.05) is 18.9 Å². The highest BCUT2D eigenvalue weighted by molar-refractivity contribution is 5.81. The van der Waals surface area contributed by atoms with Gasteiger partial charge in [0.05, 0.1) is 0 Å². The molecule has 0 aromatic heterocycles. The monoisotopic (exact) mass is 528 g/mol. The van der Waals surface area contributed by atoms with Crippen LogP contribution >= 0.6 is 0 Å². The van der Waals surface area contributed by atoms with Crippen molar-refractivity contribution in [3.63, 3.8) is 0 Å². The lowest BCUT2D eigenvalue weighted by atomic mass is 9.98. The average molecular weight is 529 g/mol. The van der Waals surface area contributed by atoms with Crippen molar-refractivity contribution in [1.82, 2.24) is 10.6 Å². The number of amides is 2. The summed E-state index contributed by atoms with van der Waals surface area (Å²) in [7, 11) is 0. The molecule has 0 heterocycles. The fourth-order valence-corrected chi connectivity index (χ4v) is 5.04. The van der Waals surface area contributed by atoms with Crippen LogP contribution in [-0.4, -0.2) is 42.3 Å². The number of nitrogens with one attached hydrogen (secondary N) is 2. The minimum absolute atomic E-state index is 0.00587. The van der Waals surface area contributed by atoms with Gasteiger partial charge in [0.1, 0.15) is 12.6 Å².